The van der Waals surface area contributed by atoms with Gasteiger partial charge in [-0.15, -0.1) is 0 Å². The topological polar surface area (TPSA) is 26.3 Å². The zero-order valence-electron chi connectivity index (χ0n) is 12.2. The molecule has 1 aromatic rings. The molecule has 6 heteroatoms. The summed E-state index contributed by atoms with van der Waals surface area (Å²) in [6, 6.07) is 4.92. The van der Waals surface area contributed by atoms with Gasteiger partial charge >= 0.3 is 6.18 Å². The summed E-state index contributed by atoms with van der Waals surface area (Å²) in [7, 11) is -1.89. The maximum absolute atomic E-state index is 12.6. The number of benzene rings is 1. The van der Waals surface area contributed by atoms with Crippen LogP contribution < -0.4 is 0 Å². The first kappa shape index (κ1) is 16.0. The molecule has 0 aliphatic carbocycles. The molecule has 21 heavy (non-hydrogen) atoms. The maximum atomic E-state index is 12.6. The minimum absolute atomic E-state index is 0.0460. The Morgan fingerprint density at radius 3 is 2.10 bits per heavy atom. The number of Topliss-reactive ketones (excluding diaryl/α,β-unsaturated/α-hetero) is 1. The van der Waals surface area contributed by atoms with Gasteiger partial charge in [0, 0.05) is 0 Å². The average Bonchev–Trinajstić information content (AvgIpc) is 2.36. The van der Waals surface area contributed by atoms with E-state index in [-0.39, 0.29) is 19.0 Å². The van der Waals surface area contributed by atoms with E-state index in [9.17, 15) is 18.0 Å². The summed E-state index contributed by atoms with van der Waals surface area (Å²) in [5, 5.41) is 0.772. The monoisotopic (exact) mass is 314 g/mol. The summed E-state index contributed by atoms with van der Waals surface area (Å²) >= 11 is 0. The standard InChI is InChI=1S/C15H17F3O2Si/c1-21(2,3)14-12(8-20-9-13(14)19)10-4-6-11(7-5-10)15(16,17)18/h4-7H,8-9H2,1-3H3. The summed E-state index contributed by atoms with van der Waals surface area (Å²) in [5.41, 5.74) is 0.678. The van der Waals surface area contributed by atoms with Crippen LogP contribution in [0.15, 0.2) is 29.5 Å². The lowest BCUT2D eigenvalue weighted by Gasteiger charge is -2.28. The van der Waals surface area contributed by atoms with Crippen molar-refractivity contribution < 1.29 is 22.7 Å². The number of carbonyl (C=O) groups is 1. The molecule has 114 valence electrons. The summed E-state index contributed by atoms with van der Waals surface area (Å²) < 4.78 is 43.1. The van der Waals surface area contributed by atoms with Gasteiger partial charge in [0.25, 0.3) is 0 Å². The normalized spacial score (nSPS) is 17.3. The van der Waals surface area contributed by atoms with Crippen molar-refractivity contribution in [2.45, 2.75) is 25.8 Å². The van der Waals surface area contributed by atoms with Crippen LogP contribution in [0.1, 0.15) is 11.1 Å². The van der Waals surface area contributed by atoms with E-state index in [0.29, 0.717) is 5.56 Å². The van der Waals surface area contributed by atoms with Gasteiger partial charge in [-0.3, -0.25) is 4.79 Å². The first-order valence-electron chi connectivity index (χ1n) is 6.63. The Bertz CT molecular complexity index is 580. The van der Waals surface area contributed by atoms with E-state index in [4.69, 9.17) is 4.74 Å². The van der Waals surface area contributed by atoms with Gasteiger partial charge in [0.05, 0.1) is 20.2 Å². The molecule has 0 aromatic heterocycles. The molecule has 2 rings (SSSR count). The highest BCUT2D eigenvalue weighted by Gasteiger charge is 2.33. The molecule has 0 fully saturated rings. The minimum Gasteiger partial charge on any atom is -0.369 e. The molecule has 0 spiro atoms. The lowest BCUT2D eigenvalue weighted by atomic mass is 10.0. The predicted octanol–water partition coefficient (Wildman–Crippen LogP) is 3.94. The van der Waals surface area contributed by atoms with Gasteiger partial charge in [-0.2, -0.15) is 13.2 Å². The van der Waals surface area contributed by atoms with Gasteiger partial charge in [0.1, 0.15) is 6.61 Å². The first-order chi connectivity index (χ1) is 9.60. The molecule has 1 aliphatic heterocycles. The molecular formula is C15H17F3O2Si. The van der Waals surface area contributed by atoms with Gasteiger partial charge in [0.15, 0.2) is 5.78 Å². The Morgan fingerprint density at radius 2 is 1.62 bits per heavy atom. The third-order valence-electron chi connectivity index (χ3n) is 3.37. The molecule has 0 radical (unpaired) electrons. The number of ketones is 1. The maximum Gasteiger partial charge on any atom is 0.416 e. The molecule has 0 unspecified atom stereocenters. The van der Waals surface area contributed by atoms with E-state index in [1.54, 1.807) is 0 Å². The van der Waals surface area contributed by atoms with Gasteiger partial charge in [0.2, 0.25) is 0 Å². The Morgan fingerprint density at radius 1 is 1.05 bits per heavy atom. The van der Waals surface area contributed by atoms with Gasteiger partial charge in [-0.1, -0.05) is 31.8 Å². The van der Waals surface area contributed by atoms with Crippen LogP contribution in [-0.4, -0.2) is 27.1 Å². The van der Waals surface area contributed by atoms with Crippen molar-refractivity contribution >= 4 is 19.4 Å². The largest absolute Gasteiger partial charge is 0.416 e. The fourth-order valence-electron chi connectivity index (χ4n) is 2.52. The molecule has 0 N–H and O–H groups in total. The van der Waals surface area contributed by atoms with Crippen molar-refractivity contribution in [3.05, 3.63) is 40.6 Å². The Labute approximate surface area is 122 Å². The minimum atomic E-state index is -4.35. The van der Waals surface area contributed by atoms with Crippen molar-refractivity contribution in [2.75, 3.05) is 13.2 Å². The Kier molecular flexibility index (Phi) is 4.12. The second-order valence-electron chi connectivity index (χ2n) is 6.09. The molecule has 0 saturated heterocycles. The van der Waals surface area contributed by atoms with Gasteiger partial charge in [-0.05, 0) is 28.5 Å². The number of rotatable bonds is 2. The molecule has 0 saturated carbocycles. The second-order valence-corrected chi connectivity index (χ2v) is 11.1. The fourth-order valence-corrected chi connectivity index (χ4v) is 4.55. The van der Waals surface area contributed by atoms with Crippen LogP contribution >= 0.6 is 0 Å². The highest BCUT2D eigenvalue weighted by atomic mass is 28.3. The number of ether oxygens (including phenoxy) is 1. The van der Waals surface area contributed by atoms with Crippen LogP contribution in [-0.2, 0) is 15.7 Å². The summed E-state index contributed by atoms with van der Waals surface area (Å²) in [6.45, 7) is 6.49. The number of halogens is 3. The van der Waals surface area contributed by atoms with Crippen molar-refractivity contribution in [2.24, 2.45) is 0 Å². The highest BCUT2D eigenvalue weighted by Crippen LogP contribution is 2.33. The molecular weight excluding hydrogens is 297 g/mol. The summed E-state index contributed by atoms with van der Waals surface area (Å²) in [4.78, 5) is 12.1. The lowest BCUT2D eigenvalue weighted by Crippen LogP contribution is -2.36. The molecule has 0 atom stereocenters. The number of hydrogen-bond acceptors (Lipinski definition) is 2. The quantitative estimate of drug-likeness (QED) is 0.773. The Balaban J connectivity index is 2.50. The molecule has 1 heterocycles. The highest BCUT2D eigenvalue weighted by molar-refractivity contribution is 6.88. The predicted molar refractivity (Wildman–Crippen MR) is 77.5 cm³/mol. The van der Waals surface area contributed by atoms with Crippen LogP contribution in [0.25, 0.3) is 5.57 Å². The van der Waals surface area contributed by atoms with E-state index >= 15 is 0 Å². The number of carbonyl (C=O) groups excluding carboxylic acids is 1. The third-order valence-corrected chi connectivity index (χ3v) is 5.45. The molecule has 0 amide bonds. The van der Waals surface area contributed by atoms with E-state index in [2.05, 4.69) is 19.6 Å². The Hall–Kier alpha value is -1.40. The first-order valence-corrected chi connectivity index (χ1v) is 10.1. The smallest absolute Gasteiger partial charge is 0.369 e. The van der Waals surface area contributed by atoms with Crippen LogP contribution in [0.3, 0.4) is 0 Å². The third kappa shape index (κ3) is 3.44. The molecule has 2 nitrogen and oxygen atoms in total. The van der Waals surface area contributed by atoms with Crippen LogP contribution in [0.4, 0.5) is 13.2 Å². The van der Waals surface area contributed by atoms with Crippen molar-refractivity contribution in [3.63, 3.8) is 0 Å². The van der Waals surface area contributed by atoms with Crippen LogP contribution in [0.2, 0.25) is 19.6 Å². The zero-order valence-corrected chi connectivity index (χ0v) is 13.2. The zero-order chi connectivity index (χ0) is 15.8. The van der Waals surface area contributed by atoms with Gasteiger partial charge < -0.3 is 4.74 Å². The number of hydrogen-bond donors (Lipinski definition) is 0. The van der Waals surface area contributed by atoms with Crippen molar-refractivity contribution in [1.82, 2.24) is 0 Å². The van der Waals surface area contributed by atoms with Crippen molar-refractivity contribution in [1.29, 1.82) is 0 Å². The van der Waals surface area contributed by atoms with E-state index < -0.39 is 19.8 Å². The fraction of sp³-hybridized carbons (Fsp3) is 0.400. The van der Waals surface area contributed by atoms with E-state index in [1.165, 1.54) is 12.1 Å². The van der Waals surface area contributed by atoms with Crippen molar-refractivity contribution in [3.8, 4) is 0 Å². The molecule has 1 aliphatic rings. The summed E-state index contributed by atoms with van der Waals surface area (Å²) in [5.74, 6) is -0.0460. The van der Waals surface area contributed by atoms with E-state index in [1.807, 2.05) is 0 Å². The van der Waals surface area contributed by atoms with Crippen LogP contribution in [0, 0.1) is 0 Å². The number of alkyl halides is 3. The SMILES string of the molecule is C[Si](C)(C)C1=C(c2ccc(C(F)(F)F)cc2)COCC1=O. The molecule has 0 bridgehead atoms. The van der Waals surface area contributed by atoms with Crippen LogP contribution in [0.5, 0.6) is 0 Å². The van der Waals surface area contributed by atoms with Gasteiger partial charge in [-0.25, -0.2) is 0 Å². The molecule has 1 aromatic carbocycles. The average molecular weight is 314 g/mol. The summed E-state index contributed by atoms with van der Waals surface area (Å²) in [6.07, 6.45) is -4.35. The second kappa shape index (κ2) is 5.42. The lowest BCUT2D eigenvalue weighted by molar-refractivity contribution is -0.137. The van der Waals surface area contributed by atoms with E-state index in [0.717, 1.165) is 22.9 Å².